The van der Waals surface area contributed by atoms with Crippen molar-refractivity contribution in [2.24, 2.45) is 11.7 Å². The SMILES string of the molecule is N=C(N)c1cccnc1N1CCCC1C1CCCC1. The second-order valence-corrected chi connectivity index (χ2v) is 5.74. The monoisotopic (exact) mass is 258 g/mol. The first-order chi connectivity index (χ1) is 9.27. The van der Waals surface area contributed by atoms with E-state index in [2.05, 4.69) is 9.88 Å². The molecule has 4 nitrogen and oxygen atoms in total. The molecule has 3 rings (SSSR count). The molecule has 4 heteroatoms. The van der Waals surface area contributed by atoms with Gasteiger partial charge in [-0.05, 0) is 43.7 Å². The fourth-order valence-electron chi connectivity index (χ4n) is 3.72. The fourth-order valence-corrected chi connectivity index (χ4v) is 3.72. The minimum absolute atomic E-state index is 0.125. The summed E-state index contributed by atoms with van der Waals surface area (Å²) in [5.74, 6) is 1.86. The average Bonchev–Trinajstić information content (AvgIpc) is 3.09. The summed E-state index contributed by atoms with van der Waals surface area (Å²) >= 11 is 0. The van der Waals surface area contributed by atoms with Crippen molar-refractivity contribution < 1.29 is 0 Å². The van der Waals surface area contributed by atoms with E-state index in [1.807, 2.05) is 18.3 Å². The molecule has 1 saturated carbocycles. The number of nitrogens with zero attached hydrogens (tertiary/aromatic N) is 2. The molecule has 1 aliphatic carbocycles. The van der Waals surface area contributed by atoms with Crippen LogP contribution in [0.1, 0.15) is 44.1 Å². The van der Waals surface area contributed by atoms with Crippen LogP contribution in [-0.4, -0.2) is 23.4 Å². The molecule has 0 spiro atoms. The van der Waals surface area contributed by atoms with Crippen LogP contribution in [0.15, 0.2) is 18.3 Å². The third-order valence-electron chi connectivity index (χ3n) is 4.59. The third kappa shape index (κ3) is 2.31. The number of hydrogen-bond donors (Lipinski definition) is 2. The Hall–Kier alpha value is -1.58. The quantitative estimate of drug-likeness (QED) is 0.646. The number of nitrogens with two attached hydrogens (primary N) is 1. The Morgan fingerprint density at radius 1 is 1.26 bits per heavy atom. The maximum Gasteiger partial charge on any atom is 0.139 e. The topological polar surface area (TPSA) is 66.0 Å². The summed E-state index contributed by atoms with van der Waals surface area (Å²) in [5, 5.41) is 7.73. The van der Waals surface area contributed by atoms with Crippen molar-refractivity contribution in [3.63, 3.8) is 0 Å². The summed E-state index contributed by atoms with van der Waals surface area (Å²) < 4.78 is 0. The van der Waals surface area contributed by atoms with Gasteiger partial charge in [0.1, 0.15) is 11.7 Å². The highest BCUT2D eigenvalue weighted by atomic mass is 15.2. The van der Waals surface area contributed by atoms with Crippen LogP contribution < -0.4 is 10.6 Å². The molecule has 2 aliphatic rings. The van der Waals surface area contributed by atoms with Crippen LogP contribution in [0.3, 0.4) is 0 Å². The van der Waals surface area contributed by atoms with Gasteiger partial charge in [-0.3, -0.25) is 5.41 Å². The lowest BCUT2D eigenvalue weighted by Gasteiger charge is -2.31. The molecule has 0 bridgehead atoms. The van der Waals surface area contributed by atoms with E-state index in [4.69, 9.17) is 11.1 Å². The van der Waals surface area contributed by atoms with E-state index in [-0.39, 0.29) is 5.84 Å². The van der Waals surface area contributed by atoms with Crippen LogP contribution in [0.4, 0.5) is 5.82 Å². The molecule has 102 valence electrons. The lowest BCUT2D eigenvalue weighted by Crippen LogP contribution is -2.36. The van der Waals surface area contributed by atoms with Crippen LogP contribution in [-0.2, 0) is 0 Å². The maximum atomic E-state index is 7.73. The van der Waals surface area contributed by atoms with Gasteiger partial charge in [0.25, 0.3) is 0 Å². The predicted octanol–water partition coefficient (Wildman–Crippen LogP) is 2.52. The first-order valence-corrected chi connectivity index (χ1v) is 7.33. The Morgan fingerprint density at radius 2 is 2.05 bits per heavy atom. The zero-order valence-corrected chi connectivity index (χ0v) is 11.3. The lowest BCUT2D eigenvalue weighted by atomic mass is 9.96. The largest absolute Gasteiger partial charge is 0.384 e. The van der Waals surface area contributed by atoms with Crippen LogP contribution >= 0.6 is 0 Å². The Kier molecular flexibility index (Phi) is 3.40. The number of hydrogen-bond acceptors (Lipinski definition) is 3. The highest BCUT2D eigenvalue weighted by Gasteiger charge is 2.34. The molecule has 19 heavy (non-hydrogen) atoms. The maximum absolute atomic E-state index is 7.73. The average molecular weight is 258 g/mol. The van der Waals surface area contributed by atoms with E-state index < -0.39 is 0 Å². The molecule has 1 unspecified atom stereocenters. The standard InChI is InChI=1S/C15H22N4/c16-14(17)12-7-3-9-18-15(12)19-10-4-8-13(19)11-5-1-2-6-11/h3,7,9,11,13H,1-2,4-6,8,10H2,(H3,16,17). The van der Waals surface area contributed by atoms with E-state index in [0.717, 1.165) is 23.8 Å². The highest BCUT2D eigenvalue weighted by molar-refractivity contribution is 5.99. The molecular formula is C15H22N4. The molecule has 0 aromatic carbocycles. The zero-order valence-electron chi connectivity index (χ0n) is 11.3. The van der Waals surface area contributed by atoms with Gasteiger partial charge in [-0.1, -0.05) is 12.8 Å². The second kappa shape index (κ2) is 5.19. The first kappa shape index (κ1) is 12.5. The van der Waals surface area contributed by atoms with Crippen molar-refractivity contribution in [1.29, 1.82) is 5.41 Å². The molecule has 1 aromatic rings. The van der Waals surface area contributed by atoms with E-state index in [0.29, 0.717) is 6.04 Å². The summed E-state index contributed by atoms with van der Waals surface area (Å²) in [6, 6.07) is 4.38. The number of pyridine rings is 1. The molecule has 2 fully saturated rings. The molecule has 1 saturated heterocycles. The van der Waals surface area contributed by atoms with E-state index in [1.54, 1.807) is 0 Å². The number of aromatic nitrogens is 1. The number of amidine groups is 1. The number of nitrogen functional groups attached to an aromatic ring is 1. The third-order valence-corrected chi connectivity index (χ3v) is 4.59. The molecular weight excluding hydrogens is 236 g/mol. The van der Waals surface area contributed by atoms with Gasteiger partial charge in [-0.15, -0.1) is 0 Å². The van der Waals surface area contributed by atoms with Crippen LogP contribution in [0, 0.1) is 11.3 Å². The van der Waals surface area contributed by atoms with Crippen molar-refractivity contribution in [3.05, 3.63) is 23.9 Å². The predicted molar refractivity (Wildman–Crippen MR) is 77.6 cm³/mol. The minimum atomic E-state index is 0.125. The van der Waals surface area contributed by atoms with Crippen LogP contribution in [0.5, 0.6) is 0 Å². The number of nitrogens with one attached hydrogen (secondary N) is 1. The Labute approximate surface area is 114 Å². The highest BCUT2D eigenvalue weighted by Crippen LogP contribution is 2.37. The summed E-state index contributed by atoms with van der Waals surface area (Å²) in [4.78, 5) is 6.92. The molecule has 1 atom stereocenters. The Morgan fingerprint density at radius 3 is 2.79 bits per heavy atom. The van der Waals surface area contributed by atoms with Gasteiger partial charge in [-0.25, -0.2) is 4.98 Å². The molecule has 2 heterocycles. The smallest absolute Gasteiger partial charge is 0.139 e. The van der Waals surface area contributed by atoms with Crippen LogP contribution in [0.25, 0.3) is 0 Å². The van der Waals surface area contributed by atoms with Gasteiger partial charge in [0.15, 0.2) is 0 Å². The first-order valence-electron chi connectivity index (χ1n) is 7.33. The van der Waals surface area contributed by atoms with Crippen molar-refractivity contribution in [2.75, 3.05) is 11.4 Å². The van der Waals surface area contributed by atoms with E-state index in [1.165, 1.54) is 38.5 Å². The van der Waals surface area contributed by atoms with Gasteiger partial charge >= 0.3 is 0 Å². The zero-order chi connectivity index (χ0) is 13.2. The fraction of sp³-hybridized carbons (Fsp3) is 0.600. The van der Waals surface area contributed by atoms with Gasteiger partial charge in [0.05, 0.1) is 5.56 Å². The number of rotatable bonds is 3. The van der Waals surface area contributed by atoms with Crippen molar-refractivity contribution in [2.45, 2.75) is 44.6 Å². The van der Waals surface area contributed by atoms with Crippen LogP contribution in [0.2, 0.25) is 0 Å². The normalized spacial score (nSPS) is 24.0. The van der Waals surface area contributed by atoms with Gasteiger partial charge in [-0.2, -0.15) is 0 Å². The lowest BCUT2D eigenvalue weighted by molar-refractivity contribution is 0.429. The summed E-state index contributed by atoms with van der Waals surface area (Å²) in [7, 11) is 0. The van der Waals surface area contributed by atoms with Crippen molar-refractivity contribution in [1.82, 2.24) is 4.98 Å². The summed E-state index contributed by atoms with van der Waals surface area (Å²) in [6.07, 6.45) is 9.75. The second-order valence-electron chi connectivity index (χ2n) is 5.74. The van der Waals surface area contributed by atoms with Crippen molar-refractivity contribution in [3.8, 4) is 0 Å². The molecule has 1 aliphatic heterocycles. The molecule has 3 N–H and O–H groups in total. The molecule has 0 radical (unpaired) electrons. The van der Waals surface area contributed by atoms with E-state index >= 15 is 0 Å². The molecule has 0 amide bonds. The summed E-state index contributed by atoms with van der Waals surface area (Å²) in [6.45, 7) is 1.05. The van der Waals surface area contributed by atoms with Crippen molar-refractivity contribution >= 4 is 11.7 Å². The van der Waals surface area contributed by atoms with E-state index in [9.17, 15) is 0 Å². The minimum Gasteiger partial charge on any atom is -0.384 e. The van der Waals surface area contributed by atoms with Gasteiger partial charge < -0.3 is 10.6 Å². The van der Waals surface area contributed by atoms with Gasteiger partial charge in [0, 0.05) is 18.8 Å². The Balaban J connectivity index is 1.90. The Bertz CT molecular complexity index is 465. The molecule has 1 aromatic heterocycles. The van der Waals surface area contributed by atoms with Gasteiger partial charge in [0.2, 0.25) is 0 Å². The summed E-state index contributed by atoms with van der Waals surface area (Å²) in [5.41, 5.74) is 6.48. The number of anilines is 1.